The zero-order chi connectivity index (χ0) is 18.9. The maximum absolute atomic E-state index is 11.3. The number of hydrogen-bond donors (Lipinski definition) is 0. The van der Waals surface area contributed by atoms with Crippen molar-refractivity contribution < 1.29 is 19.0 Å². The van der Waals surface area contributed by atoms with Crippen LogP contribution in [0.1, 0.15) is 96.8 Å². The molecule has 0 aliphatic carbocycles. The van der Waals surface area contributed by atoms with Crippen LogP contribution in [0.5, 0.6) is 0 Å². The second-order valence-corrected chi connectivity index (χ2v) is 7.28. The lowest BCUT2D eigenvalue weighted by Gasteiger charge is -2.10. The van der Waals surface area contributed by atoms with Crippen LogP contribution in [-0.2, 0) is 19.0 Å². The molecule has 0 aromatic rings. The number of allylic oxidation sites excluding steroid dienone is 2. The maximum Gasteiger partial charge on any atom is 0.337 e. The van der Waals surface area contributed by atoms with Gasteiger partial charge in [-0.1, -0.05) is 70.4 Å². The number of rotatable bonds is 16. The molecule has 1 rings (SSSR count). The highest BCUT2D eigenvalue weighted by atomic mass is 16.7. The van der Waals surface area contributed by atoms with Crippen molar-refractivity contribution in [3.05, 3.63) is 12.2 Å². The van der Waals surface area contributed by atoms with Crippen molar-refractivity contribution in [3.8, 4) is 0 Å². The lowest BCUT2D eigenvalue weighted by Crippen LogP contribution is -2.24. The molecule has 1 aliphatic rings. The van der Waals surface area contributed by atoms with Crippen LogP contribution in [-0.4, -0.2) is 32.1 Å². The number of unbranched alkanes of at least 4 members (excludes halogenated alkanes) is 11. The van der Waals surface area contributed by atoms with Gasteiger partial charge in [-0.3, -0.25) is 0 Å². The topological polar surface area (TPSA) is 44.8 Å². The first-order valence-corrected chi connectivity index (χ1v) is 10.8. The lowest BCUT2D eigenvalue weighted by molar-refractivity contribution is -0.154. The molecule has 4 heteroatoms. The molecule has 0 unspecified atom stereocenters. The average molecular weight is 369 g/mol. The molecule has 0 bridgehead atoms. The van der Waals surface area contributed by atoms with Crippen LogP contribution < -0.4 is 0 Å². The summed E-state index contributed by atoms with van der Waals surface area (Å²) >= 11 is 0. The molecular weight excluding hydrogens is 328 g/mol. The van der Waals surface area contributed by atoms with Crippen molar-refractivity contribution in [1.82, 2.24) is 0 Å². The van der Waals surface area contributed by atoms with E-state index in [-0.39, 0.29) is 12.3 Å². The zero-order valence-corrected chi connectivity index (χ0v) is 17.0. The van der Waals surface area contributed by atoms with Gasteiger partial charge in [-0.25, -0.2) is 4.79 Å². The lowest BCUT2D eigenvalue weighted by atomic mass is 10.1. The monoisotopic (exact) mass is 368 g/mol. The van der Waals surface area contributed by atoms with Gasteiger partial charge in [-0.05, 0) is 38.5 Å². The van der Waals surface area contributed by atoms with E-state index in [0.717, 1.165) is 12.8 Å². The quantitative estimate of drug-likeness (QED) is 0.192. The van der Waals surface area contributed by atoms with Gasteiger partial charge in [-0.15, -0.1) is 0 Å². The van der Waals surface area contributed by atoms with Gasteiger partial charge in [0.25, 0.3) is 0 Å². The van der Waals surface area contributed by atoms with Crippen LogP contribution in [0.25, 0.3) is 0 Å². The molecule has 0 N–H and O–H groups in total. The first kappa shape index (κ1) is 23.2. The maximum atomic E-state index is 11.3. The molecule has 1 saturated heterocycles. The fourth-order valence-corrected chi connectivity index (χ4v) is 3.24. The Hall–Kier alpha value is -0.870. The minimum absolute atomic E-state index is 0.232. The largest absolute Gasteiger partial charge is 0.467 e. The minimum Gasteiger partial charge on any atom is -0.467 e. The molecule has 1 aliphatic heterocycles. The van der Waals surface area contributed by atoms with Crippen LogP contribution >= 0.6 is 0 Å². The van der Waals surface area contributed by atoms with Crippen molar-refractivity contribution >= 4 is 5.97 Å². The van der Waals surface area contributed by atoms with E-state index in [9.17, 15) is 4.79 Å². The average Bonchev–Trinajstić information content (AvgIpc) is 3.13. The third kappa shape index (κ3) is 11.7. The van der Waals surface area contributed by atoms with E-state index in [1.807, 2.05) is 0 Å². The number of carbonyl (C=O) groups is 1. The fraction of sp³-hybridized carbons (Fsp3) is 0.864. The predicted octanol–water partition coefficient (Wildman–Crippen LogP) is 5.94. The molecule has 2 atom stereocenters. The number of methoxy groups -OCH3 is 1. The summed E-state index contributed by atoms with van der Waals surface area (Å²) in [5.41, 5.74) is 0. The Labute approximate surface area is 160 Å². The van der Waals surface area contributed by atoms with Gasteiger partial charge in [0, 0.05) is 0 Å². The van der Waals surface area contributed by atoms with Gasteiger partial charge >= 0.3 is 5.97 Å². The molecule has 1 fully saturated rings. The van der Waals surface area contributed by atoms with Crippen molar-refractivity contribution in [3.63, 3.8) is 0 Å². The SMILES string of the molecule is CCCCCCCC/C=C\CCCCCCC[C@@H]1OC[C@H](C(=O)OC)O1. The minimum atomic E-state index is -0.534. The van der Waals surface area contributed by atoms with Crippen molar-refractivity contribution in [2.24, 2.45) is 0 Å². The Morgan fingerprint density at radius 1 is 0.923 bits per heavy atom. The van der Waals surface area contributed by atoms with E-state index in [4.69, 9.17) is 9.47 Å². The Balaban J connectivity index is 1.81. The normalized spacial score (nSPS) is 20.1. The van der Waals surface area contributed by atoms with E-state index in [1.54, 1.807) is 0 Å². The summed E-state index contributed by atoms with van der Waals surface area (Å²) in [6, 6.07) is 0. The Morgan fingerprint density at radius 3 is 2.12 bits per heavy atom. The van der Waals surface area contributed by atoms with Crippen LogP contribution in [0.15, 0.2) is 12.2 Å². The smallest absolute Gasteiger partial charge is 0.337 e. The van der Waals surface area contributed by atoms with Gasteiger partial charge < -0.3 is 14.2 Å². The number of carbonyl (C=O) groups excluding carboxylic acids is 1. The number of hydrogen-bond acceptors (Lipinski definition) is 4. The van der Waals surface area contributed by atoms with Crippen LogP contribution in [0, 0.1) is 0 Å². The molecule has 0 aromatic heterocycles. The fourth-order valence-electron chi connectivity index (χ4n) is 3.24. The highest BCUT2D eigenvalue weighted by Crippen LogP contribution is 2.19. The molecule has 0 aromatic carbocycles. The summed E-state index contributed by atoms with van der Waals surface area (Å²) in [4.78, 5) is 11.3. The van der Waals surface area contributed by atoms with Crippen molar-refractivity contribution in [1.29, 1.82) is 0 Å². The zero-order valence-electron chi connectivity index (χ0n) is 17.0. The number of esters is 1. The van der Waals surface area contributed by atoms with E-state index in [2.05, 4.69) is 23.8 Å². The summed E-state index contributed by atoms with van der Waals surface area (Å²) in [6.45, 7) is 2.59. The Morgan fingerprint density at radius 2 is 1.50 bits per heavy atom. The van der Waals surface area contributed by atoms with E-state index >= 15 is 0 Å². The summed E-state index contributed by atoms with van der Waals surface area (Å²) in [6.07, 6.45) is 21.7. The van der Waals surface area contributed by atoms with Crippen LogP contribution in [0.2, 0.25) is 0 Å². The predicted molar refractivity (Wildman–Crippen MR) is 106 cm³/mol. The Bertz CT molecular complexity index is 367. The summed E-state index contributed by atoms with van der Waals surface area (Å²) < 4.78 is 15.7. The molecule has 4 nitrogen and oxygen atoms in total. The van der Waals surface area contributed by atoms with Crippen LogP contribution in [0.3, 0.4) is 0 Å². The van der Waals surface area contributed by atoms with E-state index in [0.29, 0.717) is 6.61 Å². The van der Waals surface area contributed by atoms with Gasteiger partial charge in [0.15, 0.2) is 12.4 Å². The van der Waals surface area contributed by atoms with Gasteiger partial charge in [-0.2, -0.15) is 0 Å². The third-order valence-electron chi connectivity index (χ3n) is 4.92. The Kier molecular flexibility index (Phi) is 14.5. The highest BCUT2D eigenvalue weighted by molar-refractivity contribution is 5.74. The first-order valence-electron chi connectivity index (χ1n) is 10.8. The van der Waals surface area contributed by atoms with Gasteiger partial charge in [0.1, 0.15) is 0 Å². The highest BCUT2D eigenvalue weighted by Gasteiger charge is 2.31. The first-order chi connectivity index (χ1) is 12.8. The van der Waals surface area contributed by atoms with Gasteiger partial charge in [0.05, 0.1) is 13.7 Å². The second kappa shape index (κ2) is 16.3. The summed E-state index contributed by atoms with van der Waals surface area (Å²) in [5, 5.41) is 0. The molecule has 26 heavy (non-hydrogen) atoms. The molecule has 1 heterocycles. The third-order valence-corrected chi connectivity index (χ3v) is 4.92. The van der Waals surface area contributed by atoms with E-state index in [1.165, 1.54) is 84.2 Å². The standard InChI is InChI=1S/C22H40O4/c1-3-4-5-6-7-8-9-10-11-12-13-14-15-16-17-18-21-25-19-20(26-21)22(23)24-2/h10-11,20-21H,3-9,12-19H2,1-2H3/b11-10-/t20-,21-/m1/s1. The summed E-state index contributed by atoms with van der Waals surface area (Å²) in [7, 11) is 1.38. The molecule has 0 radical (unpaired) electrons. The second-order valence-electron chi connectivity index (χ2n) is 7.28. The van der Waals surface area contributed by atoms with Crippen molar-refractivity contribution in [2.75, 3.05) is 13.7 Å². The molecular formula is C22H40O4. The van der Waals surface area contributed by atoms with Gasteiger partial charge in [0.2, 0.25) is 0 Å². The van der Waals surface area contributed by atoms with Crippen molar-refractivity contribution in [2.45, 2.75) is 109 Å². The molecule has 0 saturated carbocycles. The molecule has 152 valence electrons. The number of ether oxygens (including phenoxy) is 3. The molecule has 0 amide bonds. The summed E-state index contributed by atoms with van der Waals surface area (Å²) in [5.74, 6) is -0.336. The van der Waals surface area contributed by atoms with E-state index < -0.39 is 6.10 Å². The van der Waals surface area contributed by atoms with Crippen LogP contribution in [0.4, 0.5) is 0 Å². The molecule has 0 spiro atoms.